The summed E-state index contributed by atoms with van der Waals surface area (Å²) < 4.78 is 0. The highest BCUT2D eigenvalue weighted by molar-refractivity contribution is 5.98. The molecule has 1 aromatic heterocycles. The van der Waals surface area contributed by atoms with Gasteiger partial charge in [0.05, 0.1) is 12.1 Å². The first kappa shape index (κ1) is 10.4. The third-order valence-corrected chi connectivity index (χ3v) is 3.35. The summed E-state index contributed by atoms with van der Waals surface area (Å²) in [5.41, 5.74) is 1.30. The number of aliphatic hydroxyl groups is 1. The topological polar surface area (TPSA) is 65.1 Å². The van der Waals surface area contributed by atoms with Gasteiger partial charge in [-0.05, 0) is 37.1 Å². The number of hydrogen-bond donors (Lipinski definition) is 3. The largest absolute Gasteiger partial charge is 0.394 e. The van der Waals surface area contributed by atoms with Crippen molar-refractivity contribution < 1.29 is 9.90 Å². The van der Waals surface area contributed by atoms with Gasteiger partial charge in [-0.3, -0.25) is 4.79 Å². The Balaban J connectivity index is 1.85. The zero-order valence-corrected chi connectivity index (χ0v) is 9.36. The van der Waals surface area contributed by atoms with Crippen LogP contribution in [0, 0.1) is 0 Å². The molecule has 1 aliphatic rings. The van der Waals surface area contributed by atoms with Gasteiger partial charge in [0.2, 0.25) is 0 Å². The second kappa shape index (κ2) is 3.60. The van der Waals surface area contributed by atoms with E-state index in [1.165, 1.54) is 0 Å². The van der Waals surface area contributed by atoms with E-state index in [0.717, 1.165) is 23.7 Å². The fourth-order valence-electron chi connectivity index (χ4n) is 1.98. The van der Waals surface area contributed by atoms with Gasteiger partial charge >= 0.3 is 0 Å². The minimum atomic E-state index is -0.357. The maximum Gasteiger partial charge on any atom is 0.251 e. The van der Waals surface area contributed by atoms with Crippen LogP contribution in [0.3, 0.4) is 0 Å². The number of amides is 1. The lowest BCUT2D eigenvalue weighted by atomic mass is 10.1. The molecule has 1 aromatic carbocycles. The van der Waals surface area contributed by atoms with Crippen molar-refractivity contribution in [3.8, 4) is 0 Å². The quantitative estimate of drug-likeness (QED) is 0.746. The maximum atomic E-state index is 12.0. The summed E-state index contributed by atoms with van der Waals surface area (Å²) in [4.78, 5) is 15.1. The molecule has 1 fully saturated rings. The van der Waals surface area contributed by atoms with Crippen molar-refractivity contribution in [1.29, 1.82) is 0 Å². The van der Waals surface area contributed by atoms with Gasteiger partial charge in [-0.25, -0.2) is 0 Å². The van der Waals surface area contributed by atoms with Crippen LogP contribution < -0.4 is 5.32 Å². The number of aromatic nitrogens is 1. The minimum absolute atomic E-state index is 0.0190. The number of rotatable bonds is 3. The van der Waals surface area contributed by atoms with Crippen molar-refractivity contribution in [3.63, 3.8) is 0 Å². The van der Waals surface area contributed by atoms with Gasteiger partial charge in [-0.2, -0.15) is 0 Å². The molecule has 17 heavy (non-hydrogen) atoms. The van der Waals surface area contributed by atoms with E-state index in [1.54, 1.807) is 6.07 Å². The van der Waals surface area contributed by atoms with E-state index in [-0.39, 0.29) is 18.1 Å². The Kier molecular flexibility index (Phi) is 2.19. The van der Waals surface area contributed by atoms with Crippen LogP contribution in [0.15, 0.2) is 30.5 Å². The van der Waals surface area contributed by atoms with E-state index in [0.29, 0.717) is 5.56 Å². The van der Waals surface area contributed by atoms with E-state index in [9.17, 15) is 9.90 Å². The smallest absolute Gasteiger partial charge is 0.251 e. The Bertz CT molecular complexity index is 570. The molecule has 0 atom stereocenters. The van der Waals surface area contributed by atoms with E-state index in [1.807, 2.05) is 24.4 Å². The number of benzene rings is 1. The van der Waals surface area contributed by atoms with Crippen molar-refractivity contribution in [3.05, 3.63) is 36.0 Å². The van der Waals surface area contributed by atoms with Crippen LogP contribution in [0.4, 0.5) is 0 Å². The molecule has 4 nitrogen and oxygen atoms in total. The van der Waals surface area contributed by atoms with Gasteiger partial charge in [0.1, 0.15) is 0 Å². The Labute approximate surface area is 98.6 Å². The first-order chi connectivity index (χ1) is 8.22. The van der Waals surface area contributed by atoms with Gasteiger partial charge in [0.25, 0.3) is 5.91 Å². The molecule has 88 valence electrons. The first-order valence-corrected chi connectivity index (χ1v) is 5.73. The summed E-state index contributed by atoms with van der Waals surface area (Å²) in [6.45, 7) is 0.0190. The lowest BCUT2D eigenvalue weighted by Gasteiger charge is -2.14. The number of carbonyl (C=O) groups excluding carboxylic acids is 1. The molecule has 1 aliphatic carbocycles. The van der Waals surface area contributed by atoms with Crippen LogP contribution in [0.2, 0.25) is 0 Å². The van der Waals surface area contributed by atoms with Crippen LogP contribution in [-0.2, 0) is 0 Å². The molecule has 0 spiro atoms. The van der Waals surface area contributed by atoms with Crippen LogP contribution >= 0.6 is 0 Å². The normalized spacial score (nSPS) is 17.0. The van der Waals surface area contributed by atoms with Crippen LogP contribution in [-0.4, -0.2) is 28.1 Å². The second-order valence-corrected chi connectivity index (χ2v) is 4.67. The summed E-state index contributed by atoms with van der Waals surface area (Å²) in [5.74, 6) is -0.111. The highest BCUT2D eigenvalue weighted by Crippen LogP contribution is 2.34. The third kappa shape index (κ3) is 1.80. The molecular formula is C13H14N2O2. The molecule has 1 heterocycles. The fraction of sp³-hybridized carbons (Fsp3) is 0.308. The lowest BCUT2D eigenvalue weighted by Crippen LogP contribution is -2.39. The van der Waals surface area contributed by atoms with Crippen molar-refractivity contribution in [1.82, 2.24) is 10.3 Å². The zero-order valence-electron chi connectivity index (χ0n) is 9.36. The molecule has 1 amide bonds. The maximum absolute atomic E-state index is 12.0. The lowest BCUT2D eigenvalue weighted by molar-refractivity contribution is 0.0907. The number of nitrogens with one attached hydrogen (secondary N) is 2. The fourth-order valence-corrected chi connectivity index (χ4v) is 1.98. The second-order valence-electron chi connectivity index (χ2n) is 4.67. The van der Waals surface area contributed by atoms with E-state index < -0.39 is 0 Å². The average molecular weight is 230 g/mol. The van der Waals surface area contributed by atoms with Crippen molar-refractivity contribution in [2.24, 2.45) is 0 Å². The Hall–Kier alpha value is -1.81. The molecule has 1 saturated carbocycles. The molecule has 3 N–H and O–H groups in total. The zero-order chi connectivity index (χ0) is 11.9. The molecule has 3 rings (SSSR count). The van der Waals surface area contributed by atoms with E-state index in [4.69, 9.17) is 0 Å². The number of hydrogen-bond acceptors (Lipinski definition) is 2. The number of aliphatic hydroxyl groups excluding tert-OH is 1. The summed E-state index contributed by atoms with van der Waals surface area (Å²) in [6, 6.07) is 7.48. The van der Waals surface area contributed by atoms with Crippen molar-refractivity contribution in [2.45, 2.75) is 18.4 Å². The van der Waals surface area contributed by atoms with Crippen molar-refractivity contribution >= 4 is 16.8 Å². The summed E-state index contributed by atoms with van der Waals surface area (Å²) in [5, 5.41) is 13.1. The third-order valence-electron chi connectivity index (χ3n) is 3.35. The Morgan fingerprint density at radius 2 is 2.24 bits per heavy atom. The van der Waals surface area contributed by atoms with Crippen LogP contribution in [0.25, 0.3) is 10.9 Å². The molecular weight excluding hydrogens is 216 g/mol. The predicted molar refractivity (Wildman–Crippen MR) is 64.8 cm³/mol. The van der Waals surface area contributed by atoms with Gasteiger partial charge in [0, 0.05) is 22.7 Å². The highest BCUT2D eigenvalue weighted by Gasteiger charge is 2.43. The minimum Gasteiger partial charge on any atom is -0.394 e. The molecule has 2 aromatic rings. The number of carbonyl (C=O) groups is 1. The Morgan fingerprint density at radius 1 is 1.41 bits per heavy atom. The standard InChI is InChI=1S/C13H14N2O2/c16-8-13(4-5-13)15-12(17)10-1-2-11-9(7-10)3-6-14-11/h1-3,6-7,14,16H,4-5,8H2,(H,15,17). The van der Waals surface area contributed by atoms with Crippen LogP contribution in [0.1, 0.15) is 23.2 Å². The summed E-state index contributed by atoms with van der Waals surface area (Å²) in [6.07, 6.45) is 3.58. The number of aromatic amines is 1. The van der Waals surface area contributed by atoms with E-state index >= 15 is 0 Å². The molecule has 0 aliphatic heterocycles. The monoisotopic (exact) mass is 230 g/mol. The first-order valence-electron chi connectivity index (χ1n) is 5.73. The van der Waals surface area contributed by atoms with Crippen molar-refractivity contribution in [2.75, 3.05) is 6.61 Å². The molecule has 0 radical (unpaired) electrons. The van der Waals surface area contributed by atoms with Gasteiger partial charge in [-0.15, -0.1) is 0 Å². The van der Waals surface area contributed by atoms with Gasteiger partial charge < -0.3 is 15.4 Å². The SMILES string of the molecule is O=C(NC1(CO)CC1)c1ccc2[nH]ccc2c1. The Morgan fingerprint density at radius 3 is 2.94 bits per heavy atom. The summed E-state index contributed by atoms with van der Waals surface area (Å²) >= 11 is 0. The van der Waals surface area contributed by atoms with Gasteiger partial charge in [-0.1, -0.05) is 0 Å². The molecule has 0 bridgehead atoms. The molecule has 0 unspecified atom stereocenters. The summed E-state index contributed by atoms with van der Waals surface area (Å²) in [7, 11) is 0. The number of H-pyrrole nitrogens is 1. The average Bonchev–Trinajstić information content (AvgIpc) is 2.96. The van der Waals surface area contributed by atoms with Crippen LogP contribution in [0.5, 0.6) is 0 Å². The molecule has 4 heteroatoms. The number of fused-ring (bicyclic) bond motifs is 1. The highest BCUT2D eigenvalue weighted by atomic mass is 16.3. The van der Waals surface area contributed by atoms with E-state index in [2.05, 4.69) is 10.3 Å². The van der Waals surface area contributed by atoms with Gasteiger partial charge in [0.15, 0.2) is 0 Å². The predicted octanol–water partition coefficient (Wildman–Crippen LogP) is 1.42. The molecule has 0 saturated heterocycles.